The van der Waals surface area contributed by atoms with E-state index >= 15 is 0 Å². The van der Waals surface area contributed by atoms with Gasteiger partial charge >= 0.3 is 0 Å². The van der Waals surface area contributed by atoms with Gasteiger partial charge in [-0.15, -0.1) is 0 Å². The average molecular weight is 725 g/mol. The Hall–Kier alpha value is -7.18. The zero-order valence-electron chi connectivity index (χ0n) is 31.8. The van der Waals surface area contributed by atoms with Crippen molar-refractivity contribution in [1.82, 2.24) is 19.9 Å². The molecule has 0 N–H and O–H groups in total. The van der Waals surface area contributed by atoms with Crippen molar-refractivity contribution in [1.29, 1.82) is 0 Å². The smallest absolute Gasteiger partial charge is 0.137 e. The molecule has 270 valence electrons. The summed E-state index contributed by atoms with van der Waals surface area (Å²) < 4.78 is 0. The molecule has 9 aromatic rings. The summed E-state index contributed by atoms with van der Waals surface area (Å²) in [5.74, 6) is 1.66. The average Bonchev–Trinajstić information content (AvgIpc) is 3.21. The second-order valence-corrected chi connectivity index (χ2v) is 14.4. The van der Waals surface area contributed by atoms with Gasteiger partial charge in [0.25, 0.3) is 0 Å². The normalized spacial score (nSPS) is 11.2. The lowest BCUT2D eigenvalue weighted by Crippen LogP contribution is -2.12. The van der Waals surface area contributed by atoms with Crippen molar-refractivity contribution in [3.63, 3.8) is 0 Å². The fourth-order valence-electron chi connectivity index (χ4n) is 8.13. The van der Waals surface area contributed by atoms with Gasteiger partial charge in [-0.2, -0.15) is 0 Å². The Morgan fingerprint density at radius 3 is 1.09 bits per heavy atom. The maximum atomic E-state index is 4.82. The zero-order valence-corrected chi connectivity index (χ0v) is 31.8. The fourth-order valence-corrected chi connectivity index (χ4v) is 8.13. The summed E-state index contributed by atoms with van der Waals surface area (Å²) in [6, 6.07) is 47.7. The van der Waals surface area contributed by atoms with Gasteiger partial charge in [-0.3, -0.25) is 19.8 Å². The van der Waals surface area contributed by atoms with E-state index in [4.69, 9.17) is 9.97 Å². The number of anilines is 6. The number of fused-ring (bicyclic) bond motifs is 2. The van der Waals surface area contributed by atoms with E-state index in [-0.39, 0.29) is 0 Å². The molecular formula is C50H40N6. The number of hydrogen-bond acceptors (Lipinski definition) is 6. The van der Waals surface area contributed by atoms with Crippen molar-refractivity contribution >= 4 is 55.9 Å². The van der Waals surface area contributed by atoms with Gasteiger partial charge in [0, 0.05) is 48.6 Å². The van der Waals surface area contributed by atoms with Crippen molar-refractivity contribution < 1.29 is 0 Å². The predicted molar refractivity (Wildman–Crippen MR) is 232 cm³/mol. The summed E-state index contributed by atoms with van der Waals surface area (Å²) in [6.45, 7) is 8.72. The fraction of sp³-hybridized carbons (Fsp3) is 0.0800. The Morgan fingerprint density at radius 2 is 0.732 bits per heavy atom. The lowest BCUT2D eigenvalue weighted by Gasteiger charge is -2.27. The number of pyridine rings is 4. The topological polar surface area (TPSA) is 58.0 Å². The molecule has 0 aliphatic rings. The highest BCUT2D eigenvalue weighted by Gasteiger charge is 2.23. The van der Waals surface area contributed by atoms with Crippen LogP contribution in [-0.2, 0) is 0 Å². The van der Waals surface area contributed by atoms with Crippen LogP contribution in [0.1, 0.15) is 22.3 Å². The van der Waals surface area contributed by atoms with E-state index in [1.807, 2.05) is 85.7 Å². The molecule has 5 aromatic carbocycles. The quantitative estimate of drug-likeness (QED) is 0.145. The van der Waals surface area contributed by atoms with Crippen LogP contribution in [0.3, 0.4) is 0 Å². The molecule has 0 radical (unpaired) electrons. The molecule has 0 atom stereocenters. The molecule has 9 rings (SSSR count). The monoisotopic (exact) mass is 724 g/mol. The number of aryl methyl sites for hydroxylation is 4. The molecule has 6 nitrogen and oxygen atoms in total. The van der Waals surface area contributed by atoms with Gasteiger partial charge in [-0.1, -0.05) is 82.9 Å². The molecule has 0 aliphatic carbocycles. The molecule has 0 fully saturated rings. The van der Waals surface area contributed by atoms with Gasteiger partial charge in [0.05, 0.1) is 11.4 Å². The maximum Gasteiger partial charge on any atom is 0.137 e. The van der Waals surface area contributed by atoms with Crippen LogP contribution < -0.4 is 9.80 Å². The Morgan fingerprint density at radius 1 is 0.339 bits per heavy atom. The van der Waals surface area contributed by atoms with Crippen LogP contribution in [0.15, 0.2) is 171 Å². The molecule has 0 bridgehead atoms. The molecule has 0 unspecified atom stereocenters. The molecule has 0 saturated carbocycles. The van der Waals surface area contributed by atoms with Crippen LogP contribution >= 0.6 is 0 Å². The van der Waals surface area contributed by atoms with Gasteiger partial charge in [0.15, 0.2) is 0 Å². The summed E-state index contributed by atoms with van der Waals surface area (Å²) in [5, 5.41) is 4.66. The first-order chi connectivity index (χ1) is 27.4. The number of aromatic nitrogens is 4. The molecule has 4 aromatic heterocycles. The van der Waals surface area contributed by atoms with Crippen LogP contribution in [0.25, 0.3) is 43.8 Å². The van der Waals surface area contributed by atoms with Crippen LogP contribution in [0.2, 0.25) is 0 Å². The van der Waals surface area contributed by atoms with Gasteiger partial charge < -0.3 is 0 Å². The van der Waals surface area contributed by atoms with E-state index in [9.17, 15) is 0 Å². The van der Waals surface area contributed by atoms with E-state index in [2.05, 4.69) is 132 Å². The molecule has 0 saturated heterocycles. The highest BCUT2D eigenvalue weighted by atomic mass is 15.2. The van der Waals surface area contributed by atoms with Crippen molar-refractivity contribution in [2.75, 3.05) is 9.80 Å². The number of hydrogen-bond donors (Lipinski definition) is 0. The molecule has 56 heavy (non-hydrogen) atoms. The first-order valence-electron chi connectivity index (χ1n) is 18.8. The number of rotatable bonds is 8. The van der Waals surface area contributed by atoms with E-state index in [1.54, 1.807) is 0 Å². The van der Waals surface area contributed by atoms with Gasteiger partial charge in [0.1, 0.15) is 11.6 Å². The highest BCUT2D eigenvalue weighted by Crippen LogP contribution is 2.48. The van der Waals surface area contributed by atoms with Crippen molar-refractivity contribution in [3.05, 3.63) is 193 Å². The third kappa shape index (κ3) is 6.52. The summed E-state index contributed by atoms with van der Waals surface area (Å²) in [7, 11) is 0. The maximum absolute atomic E-state index is 4.82. The summed E-state index contributed by atoms with van der Waals surface area (Å²) in [6.07, 6.45) is 11.0. The Bertz CT molecular complexity index is 2520. The van der Waals surface area contributed by atoms with Crippen LogP contribution in [0, 0.1) is 27.7 Å². The van der Waals surface area contributed by atoms with Crippen molar-refractivity contribution in [2.24, 2.45) is 0 Å². The zero-order chi connectivity index (χ0) is 38.2. The number of benzene rings is 5. The summed E-state index contributed by atoms with van der Waals surface area (Å²) in [4.78, 5) is 22.7. The van der Waals surface area contributed by atoms with Crippen LogP contribution in [0.4, 0.5) is 34.4 Å². The Balaban J connectivity index is 1.41. The minimum absolute atomic E-state index is 0.830. The third-order valence-corrected chi connectivity index (χ3v) is 10.2. The summed E-state index contributed by atoms with van der Waals surface area (Å²) >= 11 is 0. The largest absolute Gasteiger partial charge is 0.295 e. The van der Waals surface area contributed by atoms with E-state index in [0.29, 0.717) is 0 Å². The molecule has 6 heteroatoms. The van der Waals surface area contributed by atoms with Crippen LogP contribution in [0.5, 0.6) is 0 Å². The van der Waals surface area contributed by atoms with Crippen LogP contribution in [-0.4, -0.2) is 19.9 Å². The Kier molecular flexibility index (Phi) is 9.00. The van der Waals surface area contributed by atoms with Gasteiger partial charge in [-0.05, 0) is 144 Å². The first kappa shape index (κ1) is 34.6. The first-order valence-corrected chi connectivity index (χ1v) is 18.8. The molecule has 0 amide bonds. The van der Waals surface area contributed by atoms with Crippen molar-refractivity contribution in [2.45, 2.75) is 27.7 Å². The lowest BCUT2D eigenvalue weighted by molar-refractivity contribution is 1.17. The predicted octanol–water partition coefficient (Wildman–Crippen LogP) is 13.1. The van der Waals surface area contributed by atoms with E-state index < -0.39 is 0 Å². The highest BCUT2D eigenvalue weighted by molar-refractivity contribution is 6.22. The number of nitrogens with zero attached hydrogens (tertiary/aromatic N) is 6. The molecule has 0 aliphatic heterocycles. The standard InChI is InChI=1S/C50H40N6/c1-33-25-34(2)28-37(27-33)49-43-13-11-42(56(40-17-23-52-24-18-40)48-10-6-8-20-54-48)32-46(43)50(38-29-35(3)26-36(4)30-38)44-14-12-41(31-45(44)49)55(39-15-21-51-22-16-39)47-9-5-7-19-53-47/h5-32H,1-4H3. The molecule has 0 spiro atoms. The second kappa shape index (κ2) is 14.6. The van der Waals surface area contributed by atoms with Gasteiger partial charge in [0.2, 0.25) is 0 Å². The lowest BCUT2D eigenvalue weighted by atomic mass is 9.84. The van der Waals surface area contributed by atoms with Crippen molar-refractivity contribution in [3.8, 4) is 22.3 Å². The van der Waals surface area contributed by atoms with E-state index in [0.717, 1.165) is 45.2 Å². The van der Waals surface area contributed by atoms with E-state index in [1.165, 1.54) is 55.3 Å². The second-order valence-electron chi connectivity index (χ2n) is 14.4. The SMILES string of the molecule is Cc1cc(C)cc(-c2c3ccc(N(c4ccncc4)c4ccccn4)cc3c(-c3cc(C)cc(C)c3)c3ccc(N(c4ccncc4)c4ccccn4)cc23)c1. The Labute approximate surface area is 327 Å². The minimum atomic E-state index is 0.830. The molecule has 4 heterocycles. The third-order valence-electron chi connectivity index (χ3n) is 10.2. The summed E-state index contributed by atoms with van der Waals surface area (Å²) in [5.41, 5.74) is 13.6. The molecular weight excluding hydrogens is 685 g/mol. The van der Waals surface area contributed by atoms with Gasteiger partial charge in [-0.25, -0.2) is 9.97 Å². The minimum Gasteiger partial charge on any atom is -0.295 e.